The highest BCUT2D eigenvalue weighted by Gasteiger charge is 2.11. The van der Waals surface area contributed by atoms with Crippen LogP contribution in [0.4, 0.5) is 0 Å². The lowest BCUT2D eigenvalue weighted by molar-refractivity contribution is 0.415. The van der Waals surface area contributed by atoms with Gasteiger partial charge in [-0.05, 0) is 36.6 Å². The van der Waals surface area contributed by atoms with Crippen LogP contribution in [0.3, 0.4) is 0 Å². The second kappa shape index (κ2) is 4.84. The summed E-state index contributed by atoms with van der Waals surface area (Å²) in [5, 5.41) is 3.89. The lowest BCUT2D eigenvalue weighted by atomic mass is 9.99. The van der Waals surface area contributed by atoms with Gasteiger partial charge in [0.1, 0.15) is 6.26 Å². The molecule has 0 aliphatic rings. The van der Waals surface area contributed by atoms with Crippen LogP contribution in [-0.2, 0) is 17.2 Å². The van der Waals surface area contributed by atoms with Crippen LogP contribution >= 0.6 is 0 Å². The molecule has 2 rings (SSSR count). The molecule has 0 fully saturated rings. The molecule has 1 unspecified atom stereocenters. The molecule has 1 heterocycles. The van der Waals surface area contributed by atoms with E-state index in [0.29, 0.717) is 0 Å². The SMILES string of the molecule is CCc1cc(S(C)=O)ccc1-c1conc1C. The van der Waals surface area contributed by atoms with E-state index in [1.54, 1.807) is 12.5 Å². The van der Waals surface area contributed by atoms with Crippen LogP contribution in [0.1, 0.15) is 18.2 Å². The van der Waals surface area contributed by atoms with E-state index in [9.17, 15) is 4.21 Å². The molecule has 2 aromatic rings. The molecule has 3 nitrogen and oxygen atoms in total. The van der Waals surface area contributed by atoms with Crippen molar-refractivity contribution in [2.24, 2.45) is 0 Å². The van der Waals surface area contributed by atoms with E-state index in [-0.39, 0.29) is 0 Å². The monoisotopic (exact) mass is 249 g/mol. The van der Waals surface area contributed by atoms with Gasteiger partial charge in [0, 0.05) is 27.5 Å². The molecule has 90 valence electrons. The lowest BCUT2D eigenvalue weighted by Gasteiger charge is -2.08. The standard InChI is InChI=1S/C13H15NO2S/c1-4-10-7-11(17(3)15)5-6-12(10)13-8-16-14-9(13)2/h5-8H,4H2,1-3H3. The van der Waals surface area contributed by atoms with Crippen LogP contribution in [0.2, 0.25) is 0 Å². The average molecular weight is 249 g/mol. The second-order valence-electron chi connectivity index (χ2n) is 3.94. The highest BCUT2D eigenvalue weighted by Crippen LogP contribution is 2.28. The number of aromatic nitrogens is 1. The van der Waals surface area contributed by atoms with Crippen LogP contribution in [0.15, 0.2) is 33.9 Å². The molecule has 0 saturated carbocycles. The summed E-state index contributed by atoms with van der Waals surface area (Å²) in [6, 6.07) is 5.89. The van der Waals surface area contributed by atoms with E-state index < -0.39 is 10.8 Å². The maximum absolute atomic E-state index is 11.5. The molecule has 4 heteroatoms. The minimum Gasteiger partial charge on any atom is -0.364 e. The Kier molecular flexibility index (Phi) is 3.43. The third-order valence-corrected chi connectivity index (χ3v) is 3.75. The summed E-state index contributed by atoms with van der Waals surface area (Å²) in [6.45, 7) is 4.01. The van der Waals surface area contributed by atoms with Gasteiger partial charge in [-0.1, -0.05) is 18.1 Å². The zero-order valence-electron chi connectivity index (χ0n) is 10.2. The Morgan fingerprint density at radius 2 is 2.12 bits per heavy atom. The minimum absolute atomic E-state index is 0.861. The molecule has 0 saturated heterocycles. The number of rotatable bonds is 3. The predicted octanol–water partition coefficient (Wildman–Crippen LogP) is 2.95. The Morgan fingerprint density at radius 1 is 1.35 bits per heavy atom. The Morgan fingerprint density at radius 3 is 2.65 bits per heavy atom. The number of benzene rings is 1. The quantitative estimate of drug-likeness (QED) is 0.840. The molecule has 1 aromatic heterocycles. The van der Waals surface area contributed by atoms with Gasteiger partial charge >= 0.3 is 0 Å². The van der Waals surface area contributed by atoms with Crippen molar-refractivity contribution in [3.05, 3.63) is 35.7 Å². The number of hydrogen-bond donors (Lipinski definition) is 0. The fraction of sp³-hybridized carbons (Fsp3) is 0.308. The summed E-state index contributed by atoms with van der Waals surface area (Å²) in [5.41, 5.74) is 4.17. The molecule has 0 radical (unpaired) electrons. The molecular formula is C13H15NO2S. The summed E-state index contributed by atoms with van der Waals surface area (Å²) in [5.74, 6) is 0. The molecule has 1 atom stereocenters. The van der Waals surface area contributed by atoms with Crippen molar-refractivity contribution in [3.8, 4) is 11.1 Å². The van der Waals surface area contributed by atoms with Crippen molar-refractivity contribution in [3.63, 3.8) is 0 Å². The molecule has 0 spiro atoms. The van der Waals surface area contributed by atoms with Crippen LogP contribution in [0.5, 0.6) is 0 Å². The fourth-order valence-electron chi connectivity index (χ4n) is 1.86. The van der Waals surface area contributed by atoms with Gasteiger partial charge in [-0.3, -0.25) is 4.21 Å². The number of nitrogens with zero attached hydrogens (tertiary/aromatic N) is 1. The summed E-state index contributed by atoms with van der Waals surface area (Å²) < 4.78 is 16.4. The van der Waals surface area contributed by atoms with Crippen molar-refractivity contribution in [2.75, 3.05) is 6.26 Å². The van der Waals surface area contributed by atoms with Crippen molar-refractivity contribution in [1.29, 1.82) is 0 Å². The molecule has 0 amide bonds. The fourth-order valence-corrected chi connectivity index (χ4v) is 2.42. The van der Waals surface area contributed by atoms with E-state index in [4.69, 9.17) is 4.52 Å². The van der Waals surface area contributed by atoms with Gasteiger partial charge in [0.25, 0.3) is 0 Å². The lowest BCUT2D eigenvalue weighted by Crippen LogP contribution is -1.93. The first kappa shape index (κ1) is 12.0. The van der Waals surface area contributed by atoms with Crippen molar-refractivity contribution in [1.82, 2.24) is 5.16 Å². The summed E-state index contributed by atoms with van der Waals surface area (Å²) in [7, 11) is -0.940. The highest BCUT2D eigenvalue weighted by molar-refractivity contribution is 7.84. The van der Waals surface area contributed by atoms with E-state index in [2.05, 4.69) is 12.1 Å². The number of hydrogen-bond acceptors (Lipinski definition) is 3. The third-order valence-electron chi connectivity index (χ3n) is 2.83. The van der Waals surface area contributed by atoms with Crippen molar-refractivity contribution < 1.29 is 8.73 Å². The largest absolute Gasteiger partial charge is 0.364 e. The average Bonchev–Trinajstić information content (AvgIpc) is 2.74. The van der Waals surface area contributed by atoms with Crippen molar-refractivity contribution in [2.45, 2.75) is 25.2 Å². The predicted molar refractivity (Wildman–Crippen MR) is 68.4 cm³/mol. The maximum Gasteiger partial charge on any atom is 0.131 e. The van der Waals surface area contributed by atoms with Gasteiger partial charge in [0.05, 0.1) is 5.69 Å². The van der Waals surface area contributed by atoms with Crippen LogP contribution in [0, 0.1) is 6.92 Å². The van der Waals surface area contributed by atoms with Gasteiger partial charge < -0.3 is 4.52 Å². The zero-order valence-corrected chi connectivity index (χ0v) is 11.0. The Bertz CT molecular complexity index is 560. The van der Waals surface area contributed by atoms with E-state index in [1.165, 1.54) is 5.56 Å². The molecule has 0 N–H and O–H groups in total. The van der Waals surface area contributed by atoms with Gasteiger partial charge in [-0.25, -0.2) is 0 Å². The maximum atomic E-state index is 11.5. The first-order valence-corrected chi connectivity index (χ1v) is 7.07. The zero-order chi connectivity index (χ0) is 12.4. The van der Waals surface area contributed by atoms with Gasteiger partial charge in [-0.2, -0.15) is 0 Å². The van der Waals surface area contributed by atoms with Crippen LogP contribution in [0.25, 0.3) is 11.1 Å². The van der Waals surface area contributed by atoms with Crippen LogP contribution in [-0.4, -0.2) is 15.6 Å². The Balaban J connectivity index is 2.56. The van der Waals surface area contributed by atoms with Gasteiger partial charge in [0.15, 0.2) is 0 Å². The van der Waals surface area contributed by atoms with E-state index in [0.717, 1.165) is 28.1 Å². The van der Waals surface area contributed by atoms with Gasteiger partial charge in [-0.15, -0.1) is 0 Å². The third kappa shape index (κ3) is 2.31. The summed E-state index contributed by atoms with van der Waals surface area (Å²) in [4.78, 5) is 0.861. The highest BCUT2D eigenvalue weighted by atomic mass is 32.2. The summed E-state index contributed by atoms with van der Waals surface area (Å²) in [6.07, 6.45) is 4.25. The first-order valence-electron chi connectivity index (χ1n) is 5.51. The van der Waals surface area contributed by atoms with E-state index >= 15 is 0 Å². The first-order chi connectivity index (χ1) is 8.13. The molecule has 0 aliphatic carbocycles. The normalized spacial score (nSPS) is 12.6. The Labute approximate surface area is 103 Å². The van der Waals surface area contributed by atoms with E-state index in [1.807, 2.05) is 25.1 Å². The molecule has 0 bridgehead atoms. The topological polar surface area (TPSA) is 43.1 Å². The van der Waals surface area contributed by atoms with Crippen molar-refractivity contribution >= 4 is 10.8 Å². The molecule has 17 heavy (non-hydrogen) atoms. The minimum atomic E-state index is -0.940. The Hall–Kier alpha value is -1.42. The molecule has 0 aliphatic heterocycles. The summed E-state index contributed by atoms with van der Waals surface area (Å²) >= 11 is 0. The van der Waals surface area contributed by atoms with Gasteiger partial charge in [0.2, 0.25) is 0 Å². The molecular weight excluding hydrogens is 234 g/mol. The smallest absolute Gasteiger partial charge is 0.131 e. The van der Waals surface area contributed by atoms with Crippen LogP contribution < -0.4 is 0 Å². The molecule has 1 aromatic carbocycles. The second-order valence-corrected chi connectivity index (χ2v) is 5.32. The number of aryl methyl sites for hydroxylation is 2.